The number of fused-ring (bicyclic) bond motifs is 1. The minimum Gasteiger partial charge on any atom is -0.484 e. The number of pyridine rings is 1. The molecule has 4 aromatic rings. The first kappa shape index (κ1) is 18.1. The van der Waals surface area contributed by atoms with E-state index in [1.807, 2.05) is 60.1 Å². The summed E-state index contributed by atoms with van der Waals surface area (Å²) in [7, 11) is 0. The number of nitrogens with zero attached hydrogens (tertiary/aromatic N) is 2. The highest BCUT2D eigenvalue weighted by Crippen LogP contribution is 2.23. The number of anilines is 1. The van der Waals surface area contributed by atoms with E-state index in [4.69, 9.17) is 16.3 Å². The lowest BCUT2D eigenvalue weighted by Crippen LogP contribution is -2.20. The first-order valence-electron chi connectivity index (χ1n) is 8.81. The van der Waals surface area contributed by atoms with Gasteiger partial charge in [-0.25, -0.2) is 4.98 Å². The third-order valence-corrected chi connectivity index (χ3v) is 4.48. The zero-order chi connectivity index (χ0) is 19.5. The Morgan fingerprint density at radius 3 is 2.75 bits per heavy atom. The van der Waals surface area contributed by atoms with E-state index >= 15 is 0 Å². The van der Waals surface area contributed by atoms with E-state index in [2.05, 4.69) is 10.3 Å². The van der Waals surface area contributed by atoms with Crippen molar-refractivity contribution in [2.75, 3.05) is 11.9 Å². The maximum absolute atomic E-state index is 12.2. The molecule has 0 atom stereocenters. The van der Waals surface area contributed by atoms with Crippen molar-refractivity contribution in [3.63, 3.8) is 0 Å². The molecule has 28 heavy (non-hydrogen) atoms. The van der Waals surface area contributed by atoms with Crippen LogP contribution in [-0.2, 0) is 4.79 Å². The van der Waals surface area contributed by atoms with E-state index in [0.29, 0.717) is 16.5 Å². The average Bonchev–Trinajstić information content (AvgIpc) is 3.11. The summed E-state index contributed by atoms with van der Waals surface area (Å²) < 4.78 is 7.47. The molecule has 0 saturated carbocycles. The minimum absolute atomic E-state index is 0.0838. The van der Waals surface area contributed by atoms with Crippen molar-refractivity contribution in [1.29, 1.82) is 0 Å². The van der Waals surface area contributed by atoms with Gasteiger partial charge in [0.2, 0.25) is 0 Å². The molecule has 0 aliphatic heterocycles. The Bertz CT molecular complexity index is 1140. The molecule has 6 heteroatoms. The van der Waals surface area contributed by atoms with E-state index in [9.17, 15) is 4.79 Å². The van der Waals surface area contributed by atoms with Crippen LogP contribution in [0, 0.1) is 6.92 Å². The van der Waals surface area contributed by atoms with Gasteiger partial charge in [-0.05, 0) is 55.0 Å². The van der Waals surface area contributed by atoms with Crippen LogP contribution in [0.3, 0.4) is 0 Å². The maximum Gasteiger partial charge on any atom is 0.262 e. The van der Waals surface area contributed by atoms with Crippen molar-refractivity contribution in [2.45, 2.75) is 6.92 Å². The second-order valence-electron chi connectivity index (χ2n) is 6.47. The fourth-order valence-corrected chi connectivity index (χ4v) is 3.00. The predicted octanol–water partition coefficient (Wildman–Crippen LogP) is 4.98. The molecular formula is C22H18ClN3O2. The Kier molecular flexibility index (Phi) is 5.00. The first-order chi connectivity index (χ1) is 13.6. The van der Waals surface area contributed by atoms with Crippen LogP contribution in [0.15, 0.2) is 73.1 Å². The van der Waals surface area contributed by atoms with Crippen LogP contribution in [0.25, 0.3) is 16.9 Å². The molecule has 1 N–H and O–H groups in total. The Hall–Kier alpha value is -3.31. The molecule has 5 nitrogen and oxygen atoms in total. The Morgan fingerprint density at radius 1 is 1.11 bits per heavy atom. The van der Waals surface area contributed by atoms with Gasteiger partial charge in [-0.3, -0.25) is 4.79 Å². The number of rotatable bonds is 5. The number of imidazole rings is 1. The Morgan fingerprint density at radius 2 is 1.93 bits per heavy atom. The standard InChI is InChI=1S/C22H18ClN3O2/c1-15-5-10-21-25-20(13-26(21)12-15)16-3-2-4-18(11-16)24-22(27)14-28-19-8-6-17(23)7-9-19/h2-13H,14H2,1H3,(H,24,27). The number of halogens is 1. The molecule has 0 unspecified atom stereocenters. The first-order valence-corrected chi connectivity index (χ1v) is 9.19. The summed E-state index contributed by atoms with van der Waals surface area (Å²) in [5.74, 6) is 0.353. The third-order valence-electron chi connectivity index (χ3n) is 4.22. The molecule has 1 amide bonds. The second kappa shape index (κ2) is 7.74. The summed E-state index contributed by atoms with van der Waals surface area (Å²) in [6.45, 7) is 1.96. The van der Waals surface area contributed by atoms with Crippen molar-refractivity contribution >= 4 is 28.8 Å². The predicted molar refractivity (Wildman–Crippen MR) is 111 cm³/mol. The number of amides is 1. The van der Waals surface area contributed by atoms with Gasteiger partial charge < -0.3 is 14.5 Å². The molecule has 0 saturated heterocycles. The fourth-order valence-electron chi connectivity index (χ4n) is 2.88. The number of aromatic nitrogens is 2. The number of benzene rings is 2. The van der Waals surface area contributed by atoms with Gasteiger partial charge in [0.15, 0.2) is 6.61 Å². The van der Waals surface area contributed by atoms with Crippen LogP contribution in [-0.4, -0.2) is 21.9 Å². The van der Waals surface area contributed by atoms with Crippen LogP contribution < -0.4 is 10.1 Å². The summed E-state index contributed by atoms with van der Waals surface area (Å²) in [6.07, 6.45) is 4.01. The van der Waals surface area contributed by atoms with E-state index in [-0.39, 0.29) is 12.5 Å². The van der Waals surface area contributed by atoms with E-state index in [1.54, 1.807) is 24.3 Å². The van der Waals surface area contributed by atoms with Crippen molar-refractivity contribution < 1.29 is 9.53 Å². The smallest absolute Gasteiger partial charge is 0.262 e. The zero-order valence-electron chi connectivity index (χ0n) is 15.2. The summed E-state index contributed by atoms with van der Waals surface area (Å²) in [5, 5.41) is 3.47. The lowest BCUT2D eigenvalue weighted by Gasteiger charge is -2.08. The Labute approximate surface area is 167 Å². The normalized spacial score (nSPS) is 10.8. The van der Waals surface area contributed by atoms with Gasteiger partial charge in [0.05, 0.1) is 5.69 Å². The average molecular weight is 392 g/mol. The molecule has 140 valence electrons. The minimum atomic E-state index is -0.238. The summed E-state index contributed by atoms with van der Waals surface area (Å²) in [4.78, 5) is 16.8. The maximum atomic E-state index is 12.2. The number of aryl methyl sites for hydroxylation is 1. The second-order valence-corrected chi connectivity index (χ2v) is 6.91. The monoisotopic (exact) mass is 391 g/mol. The number of carbonyl (C=O) groups excluding carboxylic acids is 1. The lowest BCUT2D eigenvalue weighted by atomic mass is 10.1. The quantitative estimate of drug-likeness (QED) is 0.522. The summed E-state index contributed by atoms with van der Waals surface area (Å²) >= 11 is 5.84. The van der Waals surface area contributed by atoms with Crippen LogP contribution in [0.1, 0.15) is 5.56 Å². The van der Waals surface area contributed by atoms with E-state index < -0.39 is 0 Å². The van der Waals surface area contributed by atoms with Crippen molar-refractivity contribution in [3.05, 3.63) is 83.6 Å². The number of hydrogen-bond acceptors (Lipinski definition) is 3. The van der Waals surface area contributed by atoms with Crippen molar-refractivity contribution in [1.82, 2.24) is 9.38 Å². The number of hydrogen-bond donors (Lipinski definition) is 1. The number of carbonyl (C=O) groups is 1. The topological polar surface area (TPSA) is 55.6 Å². The van der Waals surface area contributed by atoms with E-state index in [0.717, 1.165) is 22.5 Å². The molecule has 2 heterocycles. The largest absolute Gasteiger partial charge is 0.484 e. The van der Waals surface area contributed by atoms with Gasteiger partial charge in [0, 0.05) is 28.7 Å². The van der Waals surface area contributed by atoms with Gasteiger partial charge in [-0.1, -0.05) is 29.8 Å². The van der Waals surface area contributed by atoms with Crippen LogP contribution in [0.5, 0.6) is 5.75 Å². The van der Waals surface area contributed by atoms with E-state index in [1.165, 1.54) is 0 Å². The molecule has 2 aromatic heterocycles. The molecule has 0 aliphatic carbocycles. The van der Waals surface area contributed by atoms with Gasteiger partial charge in [0.25, 0.3) is 5.91 Å². The van der Waals surface area contributed by atoms with Gasteiger partial charge in [-0.15, -0.1) is 0 Å². The van der Waals surface area contributed by atoms with Gasteiger partial charge in [-0.2, -0.15) is 0 Å². The molecule has 0 bridgehead atoms. The molecule has 0 aliphatic rings. The highest BCUT2D eigenvalue weighted by atomic mass is 35.5. The van der Waals surface area contributed by atoms with Gasteiger partial charge in [0.1, 0.15) is 11.4 Å². The van der Waals surface area contributed by atoms with Crippen molar-refractivity contribution in [3.8, 4) is 17.0 Å². The molecule has 2 aromatic carbocycles. The highest BCUT2D eigenvalue weighted by molar-refractivity contribution is 6.30. The number of ether oxygens (including phenoxy) is 1. The SMILES string of the molecule is Cc1ccc2nc(-c3cccc(NC(=O)COc4ccc(Cl)cc4)c3)cn2c1. The third kappa shape index (κ3) is 4.15. The summed E-state index contributed by atoms with van der Waals surface area (Å²) in [5.41, 5.74) is 4.51. The van der Waals surface area contributed by atoms with Crippen LogP contribution in [0.4, 0.5) is 5.69 Å². The summed E-state index contributed by atoms with van der Waals surface area (Å²) in [6, 6.07) is 18.5. The fraction of sp³-hybridized carbons (Fsp3) is 0.0909. The molecule has 0 radical (unpaired) electrons. The lowest BCUT2D eigenvalue weighted by molar-refractivity contribution is -0.118. The molecule has 4 rings (SSSR count). The molecule has 0 fully saturated rings. The van der Waals surface area contributed by atoms with Crippen LogP contribution >= 0.6 is 11.6 Å². The molecule has 0 spiro atoms. The highest BCUT2D eigenvalue weighted by Gasteiger charge is 2.08. The van der Waals surface area contributed by atoms with Gasteiger partial charge >= 0.3 is 0 Å². The number of nitrogens with one attached hydrogen (secondary N) is 1. The molecular weight excluding hydrogens is 374 g/mol. The zero-order valence-corrected chi connectivity index (χ0v) is 16.0. The van der Waals surface area contributed by atoms with Crippen molar-refractivity contribution in [2.24, 2.45) is 0 Å². The Balaban J connectivity index is 1.45. The van der Waals surface area contributed by atoms with Crippen LogP contribution in [0.2, 0.25) is 5.02 Å².